The van der Waals surface area contributed by atoms with Gasteiger partial charge in [0.15, 0.2) is 0 Å². The Kier molecular flexibility index (Phi) is 2.90. The van der Waals surface area contributed by atoms with Crippen molar-refractivity contribution in [3.05, 3.63) is 36.2 Å². The zero-order chi connectivity index (χ0) is 11.4. The maximum absolute atomic E-state index is 10.5. The van der Waals surface area contributed by atoms with Crippen LogP contribution in [-0.2, 0) is 11.2 Å². The molecule has 16 heavy (non-hydrogen) atoms. The molecule has 1 aromatic heterocycles. The molecule has 1 heterocycles. The van der Waals surface area contributed by atoms with E-state index in [9.17, 15) is 4.79 Å². The lowest BCUT2D eigenvalue weighted by molar-refractivity contribution is -0.136. The van der Waals surface area contributed by atoms with E-state index in [2.05, 4.69) is 15.5 Å². The Morgan fingerprint density at radius 2 is 2.19 bits per heavy atom. The third-order valence-corrected chi connectivity index (χ3v) is 2.20. The highest BCUT2D eigenvalue weighted by molar-refractivity contribution is 5.67. The zero-order valence-corrected chi connectivity index (χ0v) is 8.45. The summed E-state index contributed by atoms with van der Waals surface area (Å²) in [7, 11) is 0. The van der Waals surface area contributed by atoms with Crippen LogP contribution < -0.4 is 0 Å². The van der Waals surface area contributed by atoms with Crippen LogP contribution in [0.1, 0.15) is 12.0 Å². The number of aliphatic carboxylic acids is 1. The number of aromatic nitrogens is 4. The van der Waals surface area contributed by atoms with Crippen LogP contribution in [0.3, 0.4) is 0 Å². The molecule has 0 unspecified atom stereocenters. The monoisotopic (exact) mass is 218 g/mol. The summed E-state index contributed by atoms with van der Waals surface area (Å²) in [6.07, 6.45) is 2.05. The van der Waals surface area contributed by atoms with Crippen molar-refractivity contribution in [2.45, 2.75) is 12.8 Å². The molecule has 0 saturated carbocycles. The van der Waals surface area contributed by atoms with E-state index in [1.807, 2.05) is 24.3 Å². The van der Waals surface area contributed by atoms with Gasteiger partial charge in [-0.25, -0.2) is 4.68 Å². The normalized spacial score (nSPS) is 10.2. The molecule has 0 atom stereocenters. The van der Waals surface area contributed by atoms with Gasteiger partial charge in [-0.15, -0.1) is 5.10 Å². The lowest BCUT2D eigenvalue weighted by Gasteiger charge is -2.06. The Morgan fingerprint density at radius 3 is 2.88 bits per heavy atom. The first-order valence-electron chi connectivity index (χ1n) is 4.80. The molecule has 6 nitrogen and oxygen atoms in total. The third kappa shape index (κ3) is 2.22. The Labute approximate surface area is 91.5 Å². The standard InChI is InChI=1S/C10H10N4O2/c15-10(16)6-5-8-3-1-2-4-9(8)14-7-11-12-13-14/h1-4,7H,5-6H2,(H,15,16). The van der Waals surface area contributed by atoms with Gasteiger partial charge in [0.05, 0.1) is 5.69 Å². The van der Waals surface area contributed by atoms with Gasteiger partial charge in [-0.05, 0) is 28.5 Å². The van der Waals surface area contributed by atoms with Gasteiger partial charge in [0.1, 0.15) is 6.33 Å². The number of benzene rings is 1. The number of carboxylic acid groups (broad SMARTS) is 1. The van der Waals surface area contributed by atoms with E-state index in [-0.39, 0.29) is 6.42 Å². The molecule has 82 valence electrons. The molecule has 0 amide bonds. The molecule has 2 aromatic rings. The number of nitrogens with zero attached hydrogens (tertiary/aromatic N) is 4. The summed E-state index contributed by atoms with van der Waals surface area (Å²) in [5.41, 5.74) is 1.73. The van der Waals surface area contributed by atoms with Crippen LogP contribution in [0.15, 0.2) is 30.6 Å². The molecule has 6 heteroatoms. The van der Waals surface area contributed by atoms with E-state index in [0.717, 1.165) is 11.3 Å². The molecule has 1 aromatic carbocycles. The SMILES string of the molecule is O=C(O)CCc1ccccc1-n1cnnn1. The van der Waals surface area contributed by atoms with Crippen LogP contribution in [0.5, 0.6) is 0 Å². The maximum atomic E-state index is 10.5. The van der Waals surface area contributed by atoms with Gasteiger partial charge >= 0.3 is 5.97 Å². The minimum Gasteiger partial charge on any atom is -0.481 e. The van der Waals surface area contributed by atoms with Crippen LogP contribution in [0, 0.1) is 0 Å². The largest absolute Gasteiger partial charge is 0.481 e. The fraction of sp³-hybridized carbons (Fsp3) is 0.200. The number of hydrogen-bond acceptors (Lipinski definition) is 4. The Morgan fingerprint density at radius 1 is 1.38 bits per heavy atom. The first-order chi connectivity index (χ1) is 7.77. The number of tetrazole rings is 1. The third-order valence-electron chi connectivity index (χ3n) is 2.20. The first-order valence-corrected chi connectivity index (χ1v) is 4.80. The second kappa shape index (κ2) is 4.52. The van der Waals surface area contributed by atoms with Gasteiger partial charge in [-0.3, -0.25) is 4.79 Å². The molecular weight excluding hydrogens is 208 g/mol. The van der Waals surface area contributed by atoms with Crippen LogP contribution in [0.25, 0.3) is 5.69 Å². The Balaban J connectivity index is 2.27. The lowest BCUT2D eigenvalue weighted by Crippen LogP contribution is -2.03. The molecule has 0 saturated heterocycles. The fourth-order valence-corrected chi connectivity index (χ4v) is 1.46. The van der Waals surface area contributed by atoms with Crippen molar-refractivity contribution in [1.82, 2.24) is 20.2 Å². The van der Waals surface area contributed by atoms with Crippen molar-refractivity contribution in [3.63, 3.8) is 0 Å². The average molecular weight is 218 g/mol. The van der Waals surface area contributed by atoms with E-state index >= 15 is 0 Å². The molecule has 0 aliphatic carbocycles. The second-order valence-electron chi connectivity index (χ2n) is 3.28. The molecule has 0 spiro atoms. The molecule has 0 aliphatic rings. The number of hydrogen-bond donors (Lipinski definition) is 1. The predicted octanol–water partition coefficient (Wildman–Crippen LogP) is 0.679. The van der Waals surface area contributed by atoms with Gasteiger partial charge < -0.3 is 5.11 Å². The summed E-state index contributed by atoms with van der Waals surface area (Å²) in [6.45, 7) is 0. The topological polar surface area (TPSA) is 80.9 Å². The highest BCUT2D eigenvalue weighted by Gasteiger charge is 2.06. The number of carboxylic acids is 1. The maximum Gasteiger partial charge on any atom is 0.303 e. The summed E-state index contributed by atoms with van der Waals surface area (Å²) >= 11 is 0. The van der Waals surface area contributed by atoms with Crippen LogP contribution in [0.4, 0.5) is 0 Å². The van der Waals surface area contributed by atoms with E-state index in [1.165, 1.54) is 11.0 Å². The molecule has 2 rings (SSSR count). The molecule has 0 radical (unpaired) electrons. The van der Waals surface area contributed by atoms with Crippen LogP contribution in [-0.4, -0.2) is 31.3 Å². The first kappa shape index (κ1) is 10.3. The van der Waals surface area contributed by atoms with Crippen molar-refractivity contribution in [1.29, 1.82) is 0 Å². The van der Waals surface area contributed by atoms with E-state index in [4.69, 9.17) is 5.11 Å². The van der Waals surface area contributed by atoms with Gasteiger partial charge in [-0.2, -0.15) is 0 Å². The van der Waals surface area contributed by atoms with Gasteiger partial charge in [0.25, 0.3) is 0 Å². The highest BCUT2D eigenvalue weighted by atomic mass is 16.4. The number of rotatable bonds is 4. The summed E-state index contributed by atoms with van der Waals surface area (Å²) in [5, 5.41) is 19.5. The van der Waals surface area contributed by atoms with E-state index in [0.29, 0.717) is 6.42 Å². The van der Waals surface area contributed by atoms with Crippen LogP contribution in [0.2, 0.25) is 0 Å². The van der Waals surface area contributed by atoms with Crippen molar-refractivity contribution >= 4 is 5.97 Å². The molecule has 1 N–H and O–H groups in total. The highest BCUT2D eigenvalue weighted by Crippen LogP contribution is 2.14. The molecular formula is C10H10N4O2. The average Bonchev–Trinajstić information content (AvgIpc) is 2.80. The quantitative estimate of drug-likeness (QED) is 0.816. The number of para-hydroxylation sites is 1. The van der Waals surface area contributed by atoms with Crippen molar-refractivity contribution in [2.75, 3.05) is 0 Å². The second-order valence-corrected chi connectivity index (χ2v) is 3.28. The van der Waals surface area contributed by atoms with Crippen molar-refractivity contribution < 1.29 is 9.90 Å². The Bertz CT molecular complexity index is 481. The molecule has 0 aliphatic heterocycles. The number of aryl methyl sites for hydroxylation is 1. The summed E-state index contributed by atoms with van der Waals surface area (Å²) in [6, 6.07) is 7.46. The van der Waals surface area contributed by atoms with Gasteiger partial charge in [0, 0.05) is 6.42 Å². The van der Waals surface area contributed by atoms with Crippen molar-refractivity contribution in [2.24, 2.45) is 0 Å². The Hall–Kier alpha value is -2.24. The predicted molar refractivity (Wildman–Crippen MR) is 55.1 cm³/mol. The molecule has 0 bridgehead atoms. The lowest BCUT2D eigenvalue weighted by atomic mass is 10.1. The van der Waals surface area contributed by atoms with E-state index in [1.54, 1.807) is 0 Å². The minimum absolute atomic E-state index is 0.0964. The van der Waals surface area contributed by atoms with E-state index < -0.39 is 5.97 Å². The van der Waals surface area contributed by atoms with Gasteiger partial charge in [-0.1, -0.05) is 18.2 Å². The fourth-order valence-electron chi connectivity index (χ4n) is 1.46. The van der Waals surface area contributed by atoms with Crippen LogP contribution >= 0.6 is 0 Å². The summed E-state index contributed by atoms with van der Waals surface area (Å²) in [5.74, 6) is -0.813. The minimum atomic E-state index is -0.813. The number of carbonyl (C=O) groups is 1. The van der Waals surface area contributed by atoms with Gasteiger partial charge in [0.2, 0.25) is 0 Å². The summed E-state index contributed by atoms with van der Waals surface area (Å²) < 4.78 is 1.52. The smallest absolute Gasteiger partial charge is 0.303 e. The molecule has 0 fully saturated rings. The van der Waals surface area contributed by atoms with Crippen molar-refractivity contribution in [3.8, 4) is 5.69 Å². The zero-order valence-electron chi connectivity index (χ0n) is 8.45. The summed E-state index contributed by atoms with van der Waals surface area (Å²) in [4.78, 5) is 10.5.